The van der Waals surface area contributed by atoms with Crippen LogP contribution in [-0.2, 0) is 19.6 Å². The van der Waals surface area contributed by atoms with Crippen LogP contribution in [0.5, 0.6) is 5.75 Å². The van der Waals surface area contributed by atoms with E-state index in [4.69, 9.17) is 4.74 Å². The molecule has 1 aromatic rings. The van der Waals surface area contributed by atoms with Crippen LogP contribution in [0.3, 0.4) is 0 Å². The molecule has 0 fully saturated rings. The van der Waals surface area contributed by atoms with Crippen LogP contribution in [-0.4, -0.2) is 33.9 Å². The van der Waals surface area contributed by atoms with Crippen molar-refractivity contribution in [2.24, 2.45) is 0 Å². The third-order valence-corrected chi connectivity index (χ3v) is 5.06. The zero-order valence-corrected chi connectivity index (χ0v) is 13.7. The van der Waals surface area contributed by atoms with Gasteiger partial charge in [-0.25, -0.2) is 17.5 Å². The number of carbonyl (C=O) groups is 1. The summed E-state index contributed by atoms with van der Waals surface area (Å²) < 4.78 is 50.2. The number of carbonyl (C=O) groups excluding carboxylic acids is 1. The van der Waals surface area contributed by atoms with E-state index in [2.05, 4.69) is 9.46 Å². The summed E-state index contributed by atoms with van der Waals surface area (Å²) in [5.41, 5.74) is 0.625. The van der Waals surface area contributed by atoms with Gasteiger partial charge >= 0.3 is 5.97 Å². The number of hydrogen-bond acceptors (Lipinski definition) is 5. The number of hydrogen-bond donors (Lipinski definition) is 1. The second-order valence-corrected chi connectivity index (χ2v) is 7.22. The Balaban J connectivity index is 2.05. The molecule has 1 N–H and O–H groups in total. The fourth-order valence-electron chi connectivity index (χ4n) is 2.45. The normalized spacial score (nSPS) is 17.7. The number of fused-ring (bicyclic) bond motifs is 1. The van der Waals surface area contributed by atoms with Gasteiger partial charge in [0.15, 0.2) is 0 Å². The van der Waals surface area contributed by atoms with Gasteiger partial charge in [0.05, 0.1) is 25.5 Å². The first-order valence-corrected chi connectivity index (χ1v) is 9.05. The maximum Gasteiger partial charge on any atom is 0.305 e. The van der Waals surface area contributed by atoms with Gasteiger partial charge in [-0.15, -0.1) is 0 Å². The predicted octanol–water partition coefficient (Wildman–Crippen LogP) is 1.91. The van der Waals surface area contributed by atoms with E-state index in [9.17, 15) is 17.6 Å². The van der Waals surface area contributed by atoms with Crippen molar-refractivity contribution in [2.75, 3.05) is 19.5 Å². The Labute approximate surface area is 135 Å². The highest BCUT2D eigenvalue weighted by Crippen LogP contribution is 2.32. The summed E-state index contributed by atoms with van der Waals surface area (Å²) in [7, 11) is -2.30. The van der Waals surface area contributed by atoms with E-state index >= 15 is 0 Å². The molecule has 6 nitrogen and oxygen atoms in total. The van der Waals surface area contributed by atoms with Crippen LogP contribution in [0.1, 0.15) is 37.3 Å². The standard InChI is InChI=1S/C15H20FNO5S/c1-21-15(18)5-3-9-23(19,20)17-13-4-2-8-22-14-10-11(16)6-7-12(13)14/h6-7,10,13,17H,2-5,8-9H2,1H3. The van der Waals surface area contributed by atoms with Gasteiger partial charge in [-0.3, -0.25) is 4.79 Å². The Kier molecular flexibility index (Phi) is 5.95. The van der Waals surface area contributed by atoms with E-state index in [1.54, 1.807) is 0 Å². The number of halogens is 1. The molecule has 8 heteroatoms. The van der Waals surface area contributed by atoms with Gasteiger partial charge in [-0.05, 0) is 25.3 Å². The van der Waals surface area contributed by atoms with Crippen LogP contribution in [0.2, 0.25) is 0 Å². The maximum absolute atomic E-state index is 13.3. The van der Waals surface area contributed by atoms with E-state index in [0.717, 1.165) is 0 Å². The average molecular weight is 345 g/mol. The van der Waals surface area contributed by atoms with Gasteiger partial charge in [0.2, 0.25) is 10.0 Å². The molecule has 1 aliphatic heterocycles. The topological polar surface area (TPSA) is 81.7 Å². The summed E-state index contributed by atoms with van der Waals surface area (Å²) in [5, 5.41) is 0. The molecule has 0 bridgehead atoms. The third-order valence-electron chi connectivity index (χ3n) is 3.59. The van der Waals surface area contributed by atoms with Gasteiger partial charge in [-0.2, -0.15) is 0 Å². The lowest BCUT2D eigenvalue weighted by molar-refractivity contribution is -0.140. The average Bonchev–Trinajstić information content (AvgIpc) is 2.68. The lowest BCUT2D eigenvalue weighted by Crippen LogP contribution is -2.30. The summed E-state index contributed by atoms with van der Waals surface area (Å²) >= 11 is 0. The number of esters is 1. The number of ether oxygens (including phenoxy) is 2. The molecule has 0 spiro atoms. The van der Waals surface area contributed by atoms with Crippen LogP contribution < -0.4 is 9.46 Å². The first-order valence-electron chi connectivity index (χ1n) is 7.40. The lowest BCUT2D eigenvalue weighted by atomic mass is 10.0. The SMILES string of the molecule is COC(=O)CCCS(=O)(=O)NC1CCCOc2cc(F)ccc21. The number of methoxy groups -OCH3 is 1. The maximum atomic E-state index is 13.3. The predicted molar refractivity (Wildman–Crippen MR) is 82.0 cm³/mol. The summed E-state index contributed by atoms with van der Waals surface area (Å²) in [4.78, 5) is 11.0. The van der Waals surface area contributed by atoms with Gasteiger partial charge < -0.3 is 9.47 Å². The second kappa shape index (κ2) is 7.74. The van der Waals surface area contributed by atoms with E-state index < -0.39 is 27.9 Å². The van der Waals surface area contributed by atoms with Gasteiger partial charge in [0.1, 0.15) is 11.6 Å². The largest absolute Gasteiger partial charge is 0.493 e. The smallest absolute Gasteiger partial charge is 0.305 e. The summed E-state index contributed by atoms with van der Waals surface area (Å²) in [5.74, 6) is -0.672. The van der Waals surface area contributed by atoms with Gasteiger partial charge in [0.25, 0.3) is 0 Å². The van der Waals surface area contributed by atoms with Crippen molar-refractivity contribution in [3.8, 4) is 5.75 Å². The van der Waals surface area contributed by atoms with Crippen molar-refractivity contribution < 1.29 is 27.1 Å². The lowest BCUT2D eigenvalue weighted by Gasteiger charge is -2.18. The molecular weight excluding hydrogens is 325 g/mol. The van der Waals surface area contributed by atoms with E-state index in [0.29, 0.717) is 30.8 Å². The summed E-state index contributed by atoms with van der Waals surface area (Å²) in [6.45, 7) is 0.414. The highest BCUT2D eigenvalue weighted by atomic mass is 32.2. The number of sulfonamides is 1. The quantitative estimate of drug-likeness (QED) is 0.797. The molecule has 0 aromatic heterocycles. The zero-order valence-electron chi connectivity index (χ0n) is 12.9. The molecule has 1 atom stereocenters. The molecule has 0 amide bonds. The van der Waals surface area contributed by atoms with E-state index in [1.807, 2.05) is 0 Å². The van der Waals surface area contributed by atoms with E-state index in [-0.39, 0.29) is 18.6 Å². The highest BCUT2D eigenvalue weighted by molar-refractivity contribution is 7.89. The number of benzene rings is 1. The minimum atomic E-state index is -3.56. The Morgan fingerprint density at radius 1 is 1.48 bits per heavy atom. The monoisotopic (exact) mass is 345 g/mol. The number of rotatable bonds is 6. The van der Waals surface area contributed by atoms with Crippen molar-refractivity contribution in [3.05, 3.63) is 29.6 Å². The molecule has 23 heavy (non-hydrogen) atoms. The van der Waals surface area contributed by atoms with Crippen molar-refractivity contribution in [1.29, 1.82) is 0 Å². The van der Waals surface area contributed by atoms with Crippen molar-refractivity contribution in [1.82, 2.24) is 4.72 Å². The number of nitrogens with one attached hydrogen (secondary N) is 1. The molecule has 1 aromatic carbocycles. The molecule has 1 aliphatic rings. The second-order valence-electron chi connectivity index (χ2n) is 5.34. The fourth-order valence-corrected chi connectivity index (χ4v) is 3.77. The zero-order chi connectivity index (χ0) is 16.9. The molecule has 1 heterocycles. The summed E-state index contributed by atoms with van der Waals surface area (Å²) in [6, 6.07) is 3.62. The third kappa shape index (κ3) is 5.18. The highest BCUT2D eigenvalue weighted by Gasteiger charge is 2.24. The van der Waals surface area contributed by atoms with Crippen LogP contribution in [0, 0.1) is 5.82 Å². The van der Waals surface area contributed by atoms with Crippen LogP contribution in [0.15, 0.2) is 18.2 Å². The molecular formula is C15H20FNO5S. The molecule has 0 aliphatic carbocycles. The van der Waals surface area contributed by atoms with E-state index in [1.165, 1.54) is 25.3 Å². The fraction of sp³-hybridized carbons (Fsp3) is 0.533. The minimum Gasteiger partial charge on any atom is -0.493 e. The van der Waals surface area contributed by atoms with Crippen LogP contribution in [0.25, 0.3) is 0 Å². The minimum absolute atomic E-state index is 0.0486. The molecule has 0 saturated heterocycles. The summed E-state index contributed by atoms with van der Waals surface area (Å²) in [6.07, 6.45) is 1.45. The van der Waals surface area contributed by atoms with Crippen molar-refractivity contribution in [3.63, 3.8) is 0 Å². The van der Waals surface area contributed by atoms with Gasteiger partial charge in [0, 0.05) is 18.1 Å². The van der Waals surface area contributed by atoms with Crippen LogP contribution >= 0.6 is 0 Å². The molecule has 128 valence electrons. The van der Waals surface area contributed by atoms with Gasteiger partial charge in [-0.1, -0.05) is 6.07 Å². The molecule has 2 rings (SSSR count). The molecule has 0 radical (unpaired) electrons. The molecule has 1 unspecified atom stereocenters. The Hall–Kier alpha value is -1.67. The Morgan fingerprint density at radius 3 is 3.00 bits per heavy atom. The Bertz CT molecular complexity index is 662. The first-order chi connectivity index (χ1) is 10.9. The van der Waals surface area contributed by atoms with Crippen molar-refractivity contribution >= 4 is 16.0 Å². The first kappa shape index (κ1) is 17.7. The van der Waals surface area contributed by atoms with Crippen LogP contribution in [0.4, 0.5) is 4.39 Å². The van der Waals surface area contributed by atoms with Crippen molar-refractivity contribution in [2.45, 2.75) is 31.7 Å². The molecule has 0 saturated carbocycles. The Morgan fingerprint density at radius 2 is 2.26 bits per heavy atom.